The van der Waals surface area contributed by atoms with Crippen LogP contribution >= 0.6 is 7.60 Å². The van der Waals surface area contributed by atoms with Gasteiger partial charge in [0.15, 0.2) is 5.78 Å². The maximum Gasteiger partial charge on any atom is 0.327 e. The first-order chi connectivity index (χ1) is 8.92. The average Bonchev–Trinajstić information content (AvgIpc) is 2.34. The molecule has 0 aromatic rings. The smallest absolute Gasteiger partial charge is 0.312 e. The van der Waals surface area contributed by atoms with Crippen LogP contribution in [0.25, 0.3) is 0 Å². The molecule has 0 aliphatic heterocycles. The number of rotatable bonds is 5. The zero-order valence-corrected chi connectivity index (χ0v) is 12.7. The number of carbonyl (C=O) groups is 1. The molecular weight excluding hydrogens is 263 g/mol. The minimum Gasteiger partial charge on any atom is -0.312 e. The Balaban J connectivity index is 1.68. The predicted octanol–water partition coefficient (Wildman–Crippen LogP) is 3.26. The first-order valence-electron chi connectivity index (χ1n) is 7.23. The van der Waals surface area contributed by atoms with Crippen molar-refractivity contribution in [3.05, 3.63) is 0 Å². The highest BCUT2D eigenvalue weighted by Crippen LogP contribution is 2.60. The van der Waals surface area contributed by atoms with E-state index in [0.717, 1.165) is 37.0 Å². The van der Waals surface area contributed by atoms with Crippen molar-refractivity contribution in [2.24, 2.45) is 23.2 Å². The Bertz CT molecular complexity index is 396. The molecule has 1 unspecified atom stereocenters. The van der Waals surface area contributed by atoms with E-state index in [0.29, 0.717) is 0 Å². The second kappa shape index (κ2) is 4.68. The third-order valence-corrected chi connectivity index (χ3v) is 6.65. The molecular formula is C14H23O4P. The molecule has 4 fully saturated rings. The standard InChI is InChI=1S/C14H23O4P/c1-17-19(2,16)18-9-13(15)14-6-10-3-11(7-14)5-12(4-10)8-14/h10-12H,3-9H2,1-2H3. The molecule has 19 heavy (non-hydrogen) atoms. The Morgan fingerprint density at radius 1 is 1.16 bits per heavy atom. The van der Waals surface area contributed by atoms with Crippen LogP contribution in [0.1, 0.15) is 38.5 Å². The van der Waals surface area contributed by atoms with Crippen molar-refractivity contribution in [1.29, 1.82) is 0 Å². The second-order valence-electron chi connectivity index (χ2n) is 6.85. The summed E-state index contributed by atoms with van der Waals surface area (Å²) in [5, 5.41) is 0. The first kappa shape index (κ1) is 13.8. The lowest BCUT2D eigenvalue weighted by atomic mass is 9.48. The van der Waals surface area contributed by atoms with Crippen LogP contribution in [0.3, 0.4) is 0 Å². The summed E-state index contributed by atoms with van der Waals surface area (Å²) in [5.74, 6) is 2.38. The van der Waals surface area contributed by atoms with Gasteiger partial charge >= 0.3 is 7.60 Å². The van der Waals surface area contributed by atoms with Crippen LogP contribution in [0, 0.1) is 23.2 Å². The molecule has 5 heteroatoms. The minimum atomic E-state index is -3.04. The van der Waals surface area contributed by atoms with Crippen molar-refractivity contribution in [3.63, 3.8) is 0 Å². The summed E-state index contributed by atoms with van der Waals surface area (Å²) in [7, 11) is -1.68. The van der Waals surface area contributed by atoms with Crippen molar-refractivity contribution in [1.82, 2.24) is 0 Å². The minimum absolute atomic E-state index is 0.0478. The van der Waals surface area contributed by atoms with E-state index < -0.39 is 7.60 Å². The van der Waals surface area contributed by atoms with Gasteiger partial charge in [0, 0.05) is 19.2 Å². The molecule has 0 heterocycles. The number of Topliss-reactive ketones (excluding diaryl/α,β-unsaturated/α-hetero) is 1. The molecule has 0 saturated heterocycles. The Hall–Kier alpha value is -0.180. The highest BCUT2D eigenvalue weighted by atomic mass is 31.2. The van der Waals surface area contributed by atoms with Crippen molar-refractivity contribution < 1.29 is 18.4 Å². The molecule has 0 radical (unpaired) electrons. The van der Waals surface area contributed by atoms with Crippen LogP contribution in [-0.2, 0) is 18.4 Å². The van der Waals surface area contributed by atoms with Crippen molar-refractivity contribution in [2.75, 3.05) is 20.4 Å². The quantitative estimate of drug-likeness (QED) is 0.728. The lowest BCUT2D eigenvalue weighted by molar-refractivity contribution is -0.146. The van der Waals surface area contributed by atoms with Gasteiger partial charge in [-0.15, -0.1) is 0 Å². The third kappa shape index (κ3) is 2.55. The van der Waals surface area contributed by atoms with E-state index in [1.54, 1.807) is 0 Å². The highest BCUT2D eigenvalue weighted by molar-refractivity contribution is 7.52. The molecule has 4 bridgehead atoms. The van der Waals surface area contributed by atoms with Crippen LogP contribution in [0.15, 0.2) is 0 Å². The van der Waals surface area contributed by atoms with E-state index in [-0.39, 0.29) is 17.8 Å². The van der Waals surface area contributed by atoms with Crippen LogP contribution in [0.4, 0.5) is 0 Å². The zero-order chi connectivity index (χ0) is 13.7. The Morgan fingerprint density at radius 3 is 2.05 bits per heavy atom. The fourth-order valence-electron chi connectivity index (χ4n) is 4.83. The summed E-state index contributed by atoms with van der Waals surface area (Å²) in [6, 6.07) is 0. The molecule has 108 valence electrons. The summed E-state index contributed by atoms with van der Waals surface area (Å²) in [6.45, 7) is 1.37. The number of hydrogen-bond donors (Lipinski definition) is 0. The van der Waals surface area contributed by atoms with Crippen molar-refractivity contribution >= 4 is 13.4 Å². The fraction of sp³-hybridized carbons (Fsp3) is 0.929. The van der Waals surface area contributed by atoms with E-state index in [1.165, 1.54) is 33.0 Å². The molecule has 0 aromatic heterocycles. The van der Waals surface area contributed by atoms with E-state index in [9.17, 15) is 9.36 Å². The van der Waals surface area contributed by atoms with Gasteiger partial charge in [-0.2, -0.15) is 0 Å². The molecule has 0 amide bonds. The van der Waals surface area contributed by atoms with Crippen LogP contribution in [0.2, 0.25) is 0 Å². The van der Waals surface area contributed by atoms with Crippen molar-refractivity contribution in [2.45, 2.75) is 38.5 Å². The maximum atomic E-state index is 12.6. The molecule has 1 atom stereocenters. The summed E-state index contributed by atoms with van der Waals surface area (Å²) >= 11 is 0. The van der Waals surface area contributed by atoms with Crippen LogP contribution in [0.5, 0.6) is 0 Å². The van der Waals surface area contributed by atoms with Crippen molar-refractivity contribution in [3.8, 4) is 0 Å². The van der Waals surface area contributed by atoms with Crippen LogP contribution < -0.4 is 0 Å². The van der Waals surface area contributed by atoms with Gasteiger partial charge in [0.05, 0.1) is 0 Å². The van der Waals surface area contributed by atoms with Gasteiger partial charge in [0.1, 0.15) is 6.61 Å². The van der Waals surface area contributed by atoms with Gasteiger partial charge in [-0.25, -0.2) is 0 Å². The normalized spacial score (nSPS) is 43.2. The first-order valence-corrected chi connectivity index (χ1v) is 9.22. The Kier molecular flexibility index (Phi) is 3.40. The Labute approximate surface area is 114 Å². The van der Waals surface area contributed by atoms with E-state index in [2.05, 4.69) is 0 Å². The van der Waals surface area contributed by atoms with Crippen LogP contribution in [-0.4, -0.2) is 26.2 Å². The average molecular weight is 286 g/mol. The number of hydrogen-bond acceptors (Lipinski definition) is 4. The SMILES string of the molecule is COP(C)(=O)OCC(=O)C12CC3CC(CC(C3)C1)C2. The molecule has 4 aliphatic carbocycles. The number of carbonyl (C=O) groups excluding carboxylic acids is 1. The molecule has 4 rings (SSSR count). The summed E-state index contributed by atoms with van der Waals surface area (Å²) < 4.78 is 21.7. The molecule has 0 aromatic carbocycles. The third-order valence-electron chi connectivity index (χ3n) is 5.39. The van der Waals surface area contributed by atoms with Gasteiger partial charge in [-0.3, -0.25) is 9.36 Å². The van der Waals surface area contributed by atoms with E-state index in [4.69, 9.17) is 9.05 Å². The van der Waals surface area contributed by atoms with Gasteiger partial charge in [0.25, 0.3) is 0 Å². The fourth-order valence-corrected chi connectivity index (χ4v) is 5.29. The molecule has 0 spiro atoms. The monoisotopic (exact) mass is 286 g/mol. The van der Waals surface area contributed by atoms with Gasteiger partial charge in [-0.05, 0) is 56.3 Å². The summed E-state index contributed by atoms with van der Waals surface area (Å²) in [5.41, 5.74) is -0.164. The van der Waals surface area contributed by atoms with Gasteiger partial charge in [-0.1, -0.05) is 0 Å². The topological polar surface area (TPSA) is 52.6 Å². The number of ketones is 1. The predicted molar refractivity (Wildman–Crippen MR) is 72.1 cm³/mol. The lowest BCUT2D eigenvalue weighted by Crippen LogP contribution is -2.50. The van der Waals surface area contributed by atoms with Gasteiger partial charge < -0.3 is 9.05 Å². The summed E-state index contributed by atoms with van der Waals surface area (Å²) in [6.07, 6.45) is 7.04. The molecule has 0 N–H and O–H groups in total. The second-order valence-corrected chi connectivity index (χ2v) is 9.01. The zero-order valence-electron chi connectivity index (χ0n) is 11.8. The molecule has 4 saturated carbocycles. The Morgan fingerprint density at radius 2 is 1.63 bits per heavy atom. The summed E-state index contributed by atoms with van der Waals surface area (Å²) in [4.78, 5) is 12.6. The van der Waals surface area contributed by atoms with E-state index in [1.807, 2.05) is 0 Å². The van der Waals surface area contributed by atoms with E-state index >= 15 is 0 Å². The lowest BCUT2D eigenvalue weighted by Gasteiger charge is -2.55. The maximum absolute atomic E-state index is 12.6. The molecule has 4 nitrogen and oxygen atoms in total. The largest absolute Gasteiger partial charge is 0.327 e. The van der Waals surface area contributed by atoms with Gasteiger partial charge in [0.2, 0.25) is 0 Å². The molecule has 4 aliphatic rings. The highest BCUT2D eigenvalue weighted by Gasteiger charge is 2.54.